The lowest BCUT2D eigenvalue weighted by Gasteiger charge is -2.30. The fourth-order valence-corrected chi connectivity index (χ4v) is 4.10. The Labute approximate surface area is 201 Å². The number of aromatic nitrogens is 2. The number of hydrogen-bond acceptors (Lipinski definition) is 6. The topological polar surface area (TPSA) is 96.7 Å². The summed E-state index contributed by atoms with van der Waals surface area (Å²) in [6.07, 6.45) is 4.39. The smallest absolute Gasteiger partial charge is 0.320 e. The molecule has 1 saturated heterocycles. The average Bonchev–Trinajstić information content (AvgIpc) is 3.17. The summed E-state index contributed by atoms with van der Waals surface area (Å²) in [7, 11) is 2.10. The van der Waals surface area contributed by atoms with Gasteiger partial charge in [0.05, 0.1) is 30.3 Å². The van der Waals surface area contributed by atoms with Crippen LogP contribution >= 0.6 is 0 Å². The molecule has 0 radical (unpaired) electrons. The highest BCUT2D eigenvalue weighted by Gasteiger charge is 2.22. The zero-order valence-electron chi connectivity index (χ0n) is 20.8. The number of aliphatic carboxylic acids is 1. The molecule has 0 amide bonds. The van der Waals surface area contributed by atoms with Gasteiger partial charge >= 0.3 is 5.97 Å². The molecule has 1 aromatic heterocycles. The van der Waals surface area contributed by atoms with E-state index < -0.39 is 12.0 Å². The predicted molar refractivity (Wildman–Crippen MR) is 134 cm³/mol. The van der Waals surface area contributed by atoms with Crippen LogP contribution in [0.25, 0.3) is 16.6 Å². The minimum atomic E-state index is -0.883. The average molecular weight is 469 g/mol. The zero-order chi connectivity index (χ0) is 24.8. The maximum absolute atomic E-state index is 12.2. The molecular formula is C26H36N4O4. The SMILES string of the molecule is C/C=C(\C=C(\C)C(=O)CC)c1nc2cc(CNC(C)C(=O)O)ccc2n1CC1CN(C)CCO1. The van der Waals surface area contributed by atoms with Crippen LogP contribution in [0.15, 0.2) is 35.9 Å². The van der Waals surface area contributed by atoms with Crippen LogP contribution in [0.2, 0.25) is 0 Å². The molecule has 1 fully saturated rings. The summed E-state index contributed by atoms with van der Waals surface area (Å²) in [6, 6.07) is 5.38. The Balaban J connectivity index is 2.01. The second-order valence-corrected chi connectivity index (χ2v) is 8.91. The van der Waals surface area contributed by atoms with E-state index >= 15 is 0 Å². The molecule has 8 heteroatoms. The van der Waals surface area contributed by atoms with Crippen LogP contribution in [0, 0.1) is 0 Å². The number of likely N-dealkylation sites (N-methyl/N-ethyl adjacent to an activating group) is 1. The van der Waals surface area contributed by atoms with Crippen LogP contribution in [-0.4, -0.2) is 70.2 Å². The fourth-order valence-electron chi connectivity index (χ4n) is 4.10. The van der Waals surface area contributed by atoms with Gasteiger partial charge < -0.3 is 24.6 Å². The number of carboxylic acid groups (broad SMARTS) is 1. The van der Waals surface area contributed by atoms with Gasteiger partial charge in [-0.25, -0.2) is 4.98 Å². The molecule has 34 heavy (non-hydrogen) atoms. The molecule has 2 atom stereocenters. The minimum absolute atomic E-state index is 0.0353. The van der Waals surface area contributed by atoms with Gasteiger partial charge in [0, 0.05) is 31.6 Å². The molecule has 2 aromatic rings. The van der Waals surface area contributed by atoms with Crippen LogP contribution in [0.4, 0.5) is 0 Å². The first kappa shape index (κ1) is 25.8. The number of benzene rings is 1. The van der Waals surface area contributed by atoms with Gasteiger partial charge in [0.2, 0.25) is 0 Å². The number of ether oxygens (including phenoxy) is 1. The Kier molecular flexibility index (Phi) is 8.77. The highest BCUT2D eigenvalue weighted by molar-refractivity contribution is 5.97. The van der Waals surface area contributed by atoms with Crippen LogP contribution in [0.5, 0.6) is 0 Å². The van der Waals surface area contributed by atoms with Crippen molar-refractivity contribution in [1.82, 2.24) is 19.8 Å². The van der Waals surface area contributed by atoms with Gasteiger partial charge in [-0.3, -0.25) is 9.59 Å². The number of carboxylic acids is 1. The summed E-state index contributed by atoms with van der Waals surface area (Å²) in [5.41, 5.74) is 4.36. The van der Waals surface area contributed by atoms with Crippen molar-refractivity contribution in [3.63, 3.8) is 0 Å². The number of Topliss-reactive ketones (excluding diaryl/α,β-unsaturated/α-hetero) is 1. The molecule has 8 nitrogen and oxygen atoms in total. The van der Waals surface area contributed by atoms with Crippen molar-refractivity contribution in [2.24, 2.45) is 0 Å². The number of rotatable bonds is 10. The van der Waals surface area contributed by atoms with E-state index in [9.17, 15) is 9.59 Å². The van der Waals surface area contributed by atoms with Gasteiger partial charge in [-0.15, -0.1) is 0 Å². The Morgan fingerprint density at radius 2 is 2.15 bits per heavy atom. The van der Waals surface area contributed by atoms with Crippen LogP contribution in [-0.2, 0) is 27.4 Å². The van der Waals surface area contributed by atoms with Gasteiger partial charge in [-0.1, -0.05) is 19.1 Å². The van der Waals surface area contributed by atoms with E-state index in [1.165, 1.54) is 0 Å². The zero-order valence-corrected chi connectivity index (χ0v) is 20.8. The highest BCUT2D eigenvalue weighted by atomic mass is 16.5. The number of nitrogens with zero attached hydrogens (tertiary/aromatic N) is 3. The summed E-state index contributed by atoms with van der Waals surface area (Å²) in [6.45, 7) is 10.8. The van der Waals surface area contributed by atoms with Crippen LogP contribution in [0.3, 0.4) is 0 Å². The van der Waals surface area contributed by atoms with E-state index in [1.807, 2.05) is 51.1 Å². The van der Waals surface area contributed by atoms with E-state index in [0.717, 1.165) is 41.1 Å². The number of ketones is 1. The number of morpholine rings is 1. The first-order valence-electron chi connectivity index (χ1n) is 11.9. The monoisotopic (exact) mass is 468 g/mol. The van der Waals surface area contributed by atoms with Crippen molar-refractivity contribution in [1.29, 1.82) is 0 Å². The lowest BCUT2D eigenvalue weighted by molar-refractivity contribution is -0.139. The molecule has 1 aliphatic heterocycles. The second-order valence-electron chi connectivity index (χ2n) is 8.91. The molecule has 0 bridgehead atoms. The number of carbonyl (C=O) groups excluding carboxylic acids is 1. The highest BCUT2D eigenvalue weighted by Crippen LogP contribution is 2.26. The first-order valence-corrected chi connectivity index (χ1v) is 11.9. The lowest BCUT2D eigenvalue weighted by atomic mass is 10.1. The van der Waals surface area contributed by atoms with E-state index in [2.05, 4.69) is 21.8 Å². The molecule has 2 N–H and O–H groups in total. The summed E-state index contributed by atoms with van der Waals surface area (Å²) in [5.74, 6) is 0.0216. The molecule has 1 aromatic carbocycles. The van der Waals surface area contributed by atoms with Crippen molar-refractivity contribution in [3.05, 3.63) is 47.3 Å². The second kappa shape index (κ2) is 11.6. The molecule has 184 valence electrons. The fraction of sp³-hybridized carbons (Fsp3) is 0.500. The predicted octanol–water partition coefficient (Wildman–Crippen LogP) is 3.26. The summed E-state index contributed by atoms with van der Waals surface area (Å²) in [5, 5.41) is 12.1. The molecule has 3 rings (SSSR count). The minimum Gasteiger partial charge on any atom is -0.480 e. The normalized spacial score (nSPS) is 18.9. The summed E-state index contributed by atoms with van der Waals surface area (Å²) in [4.78, 5) is 30.6. The van der Waals surface area contributed by atoms with Crippen LogP contribution in [0.1, 0.15) is 45.5 Å². The maximum atomic E-state index is 12.2. The molecule has 0 spiro atoms. The van der Waals surface area contributed by atoms with Gasteiger partial charge in [0.25, 0.3) is 0 Å². The van der Waals surface area contributed by atoms with E-state index in [0.29, 0.717) is 31.7 Å². The molecule has 1 aliphatic rings. The lowest BCUT2D eigenvalue weighted by Crippen LogP contribution is -2.42. The molecular weight excluding hydrogens is 432 g/mol. The standard InChI is InChI=1S/C26H36N4O4/c1-6-20(12-17(3)24(31)7-2)25-28-22-13-19(14-27-18(4)26(32)33)8-9-23(22)30(25)16-21-15-29(5)10-11-34-21/h6,8-9,12-13,18,21,27H,7,10-11,14-16H2,1-5H3,(H,32,33)/b17-12-,20-6+. The van der Waals surface area contributed by atoms with Gasteiger partial charge in [-0.05, 0) is 57.2 Å². The molecule has 2 unspecified atom stereocenters. The summed E-state index contributed by atoms with van der Waals surface area (Å²) < 4.78 is 8.21. The summed E-state index contributed by atoms with van der Waals surface area (Å²) >= 11 is 0. The third-order valence-corrected chi connectivity index (χ3v) is 6.23. The first-order chi connectivity index (χ1) is 16.2. The Hall–Kier alpha value is -2.81. The third-order valence-electron chi connectivity index (χ3n) is 6.23. The number of carbonyl (C=O) groups is 2. The Morgan fingerprint density at radius 1 is 1.38 bits per heavy atom. The molecule has 0 saturated carbocycles. The van der Waals surface area contributed by atoms with Gasteiger partial charge in [0.1, 0.15) is 11.9 Å². The number of allylic oxidation sites excluding steroid dienone is 4. The maximum Gasteiger partial charge on any atom is 0.320 e. The van der Waals surface area contributed by atoms with Crippen molar-refractivity contribution < 1.29 is 19.4 Å². The third kappa shape index (κ3) is 6.20. The van der Waals surface area contributed by atoms with Gasteiger partial charge in [-0.2, -0.15) is 0 Å². The van der Waals surface area contributed by atoms with Crippen molar-refractivity contribution in [3.8, 4) is 0 Å². The van der Waals surface area contributed by atoms with Crippen molar-refractivity contribution in [2.45, 2.75) is 59.4 Å². The number of nitrogens with one attached hydrogen (secondary N) is 1. The molecule has 2 heterocycles. The van der Waals surface area contributed by atoms with Crippen LogP contribution < -0.4 is 5.32 Å². The van der Waals surface area contributed by atoms with Gasteiger partial charge in [0.15, 0.2) is 5.78 Å². The molecule has 0 aliphatic carbocycles. The largest absolute Gasteiger partial charge is 0.480 e. The Bertz CT molecular complexity index is 1100. The van der Waals surface area contributed by atoms with Crippen molar-refractivity contribution in [2.75, 3.05) is 26.7 Å². The number of fused-ring (bicyclic) bond motifs is 1. The van der Waals surface area contributed by atoms with E-state index in [1.54, 1.807) is 6.92 Å². The van der Waals surface area contributed by atoms with E-state index in [4.69, 9.17) is 14.8 Å². The number of hydrogen-bond donors (Lipinski definition) is 2. The Morgan fingerprint density at radius 3 is 2.79 bits per heavy atom. The number of imidazole rings is 1. The van der Waals surface area contributed by atoms with Crippen molar-refractivity contribution >= 4 is 28.4 Å². The van der Waals surface area contributed by atoms with E-state index in [-0.39, 0.29) is 11.9 Å². The quantitative estimate of drug-likeness (QED) is 0.408.